The van der Waals surface area contributed by atoms with Gasteiger partial charge in [-0.15, -0.1) is 0 Å². The molecule has 0 N–H and O–H groups in total. The predicted molar refractivity (Wildman–Crippen MR) is 112 cm³/mol. The first-order chi connectivity index (χ1) is 14.4. The Kier molecular flexibility index (Phi) is 6.70. The molecule has 3 aromatic rings. The molecule has 7 heteroatoms. The molecule has 1 aromatic heterocycles. The van der Waals surface area contributed by atoms with Gasteiger partial charge in [0.25, 0.3) is 0 Å². The normalized spacial score (nSPS) is 11.8. The number of sulfone groups is 1. The van der Waals surface area contributed by atoms with Gasteiger partial charge < -0.3 is 0 Å². The summed E-state index contributed by atoms with van der Waals surface area (Å²) in [6.45, 7) is 1.65. The Bertz CT molecular complexity index is 1180. The van der Waals surface area contributed by atoms with Gasteiger partial charge in [0, 0.05) is 24.5 Å². The number of aliphatic imine (C=N–C) groups is 1. The summed E-state index contributed by atoms with van der Waals surface area (Å²) in [6.07, 6.45) is 6.98. The molecule has 0 spiro atoms. The zero-order valence-corrected chi connectivity index (χ0v) is 17.2. The molecule has 0 aliphatic heterocycles. The molecule has 1 heterocycles. The number of benzene rings is 2. The molecule has 0 aliphatic carbocycles. The highest BCUT2D eigenvalue weighted by Gasteiger charge is 2.18. The van der Waals surface area contributed by atoms with Crippen LogP contribution in [0.4, 0.5) is 4.39 Å². The molecule has 0 unspecified atom stereocenters. The van der Waals surface area contributed by atoms with Crippen molar-refractivity contribution in [2.45, 2.75) is 36.0 Å². The van der Waals surface area contributed by atoms with Crippen molar-refractivity contribution < 1.29 is 12.8 Å². The second-order valence-electron chi connectivity index (χ2n) is 6.92. The van der Waals surface area contributed by atoms with Crippen LogP contribution >= 0.6 is 0 Å². The van der Waals surface area contributed by atoms with Crippen molar-refractivity contribution in [3.05, 3.63) is 89.5 Å². The first kappa shape index (κ1) is 21.3. The molecule has 0 saturated carbocycles. The van der Waals surface area contributed by atoms with E-state index in [-0.39, 0.29) is 9.79 Å². The van der Waals surface area contributed by atoms with E-state index in [4.69, 9.17) is 5.26 Å². The summed E-state index contributed by atoms with van der Waals surface area (Å²) in [5, 5.41) is 8.94. The number of hydrogen-bond donors (Lipinski definition) is 0. The van der Waals surface area contributed by atoms with Gasteiger partial charge in [-0.05, 0) is 78.9 Å². The number of pyridine rings is 1. The number of nitrogens with zero attached hydrogens (tertiary/aromatic N) is 3. The fourth-order valence-electron chi connectivity index (χ4n) is 3.11. The Hall–Kier alpha value is -3.37. The molecule has 5 nitrogen and oxygen atoms in total. The highest BCUT2D eigenvalue weighted by atomic mass is 32.2. The van der Waals surface area contributed by atoms with Crippen LogP contribution in [0.25, 0.3) is 0 Å². The Labute approximate surface area is 175 Å². The molecule has 152 valence electrons. The van der Waals surface area contributed by atoms with Crippen LogP contribution in [0.2, 0.25) is 0 Å². The second-order valence-corrected chi connectivity index (χ2v) is 8.87. The monoisotopic (exact) mass is 421 g/mol. The molecular formula is C23H20FN3O2S. The molecule has 0 fully saturated rings. The Morgan fingerprint density at radius 2 is 1.73 bits per heavy atom. The third-order valence-electron chi connectivity index (χ3n) is 4.63. The fourth-order valence-corrected chi connectivity index (χ4v) is 4.48. The molecule has 3 rings (SSSR count). The number of rotatable bonds is 7. The van der Waals surface area contributed by atoms with Crippen LogP contribution in [0, 0.1) is 24.2 Å². The average molecular weight is 421 g/mol. The van der Waals surface area contributed by atoms with Crippen LogP contribution in [0.15, 0.2) is 81.8 Å². The van der Waals surface area contributed by atoms with Crippen molar-refractivity contribution in [1.82, 2.24) is 4.98 Å². The van der Waals surface area contributed by atoms with E-state index >= 15 is 0 Å². The molecular weight excluding hydrogens is 401 g/mol. The van der Waals surface area contributed by atoms with Gasteiger partial charge in [0.1, 0.15) is 5.82 Å². The zero-order chi connectivity index (χ0) is 21.6. The Balaban J connectivity index is 1.72. The predicted octanol–water partition coefficient (Wildman–Crippen LogP) is 4.46. The summed E-state index contributed by atoms with van der Waals surface area (Å²) in [4.78, 5) is 7.94. The molecule has 2 aromatic carbocycles. The summed E-state index contributed by atoms with van der Waals surface area (Å²) in [6, 6.07) is 14.0. The van der Waals surface area contributed by atoms with Crippen molar-refractivity contribution in [2.24, 2.45) is 4.99 Å². The largest absolute Gasteiger partial charge is 0.265 e. The van der Waals surface area contributed by atoms with Crippen LogP contribution < -0.4 is 0 Å². The summed E-state index contributed by atoms with van der Waals surface area (Å²) in [7, 11) is -3.79. The molecule has 0 radical (unpaired) electrons. The van der Waals surface area contributed by atoms with Crippen molar-refractivity contribution in [1.29, 1.82) is 5.26 Å². The van der Waals surface area contributed by atoms with Gasteiger partial charge in [0.15, 0.2) is 0 Å². The lowest BCUT2D eigenvalue weighted by molar-refractivity contribution is 0.590. The number of halogens is 1. The van der Waals surface area contributed by atoms with Gasteiger partial charge in [0.2, 0.25) is 16.0 Å². The highest BCUT2D eigenvalue weighted by Crippen LogP contribution is 2.23. The van der Waals surface area contributed by atoms with E-state index in [1.807, 2.05) is 18.3 Å². The third kappa shape index (κ3) is 5.37. The molecule has 0 atom stereocenters. The maximum Gasteiger partial charge on any atom is 0.206 e. The van der Waals surface area contributed by atoms with E-state index in [2.05, 4.69) is 9.98 Å². The smallest absolute Gasteiger partial charge is 0.206 e. The van der Waals surface area contributed by atoms with Gasteiger partial charge in [-0.25, -0.2) is 12.8 Å². The van der Waals surface area contributed by atoms with Gasteiger partial charge in [0.05, 0.1) is 9.79 Å². The minimum atomic E-state index is -3.79. The van der Waals surface area contributed by atoms with Crippen LogP contribution in [0.1, 0.15) is 23.1 Å². The van der Waals surface area contributed by atoms with Crippen molar-refractivity contribution in [2.75, 3.05) is 0 Å². The summed E-state index contributed by atoms with van der Waals surface area (Å²) < 4.78 is 39.2. The molecule has 30 heavy (non-hydrogen) atoms. The molecule has 0 amide bonds. The number of hydrogen-bond acceptors (Lipinski definition) is 5. The lowest BCUT2D eigenvalue weighted by Gasteiger charge is -2.08. The summed E-state index contributed by atoms with van der Waals surface area (Å²) in [5.74, 6) is -0.580. The highest BCUT2D eigenvalue weighted by molar-refractivity contribution is 7.91. The summed E-state index contributed by atoms with van der Waals surface area (Å²) >= 11 is 0. The third-order valence-corrected chi connectivity index (χ3v) is 6.38. The van der Waals surface area contributed by atoms with E-state index in [0.29, 0.717) is 24.8 Å². The fraction of sp³-hybridized carbons (Fsp3) is 0.174. The van der Waals surface area contributed by atoms with Crippen LogP contribution in [-0.4, -0.2) is 19.1 Å². The first-order valence-electron chi connectivity index (χ1n) is 9.33. The maximum absolute atomic E-state index is 13.6. The van der Waals surface area contributed by atoms with Gasteiger partial charge in [-0.2, -0.15) is 10.3 Å². The Morgan fingerprint density at radius 1 is 1.03 bits per heavy atom. The van der Waals surface area contributed by atoms with E-state index in [9.17, 15) is 12.8 Å². The Morgan fingerprint density at radius 3 is 2.37 bits per heavy atom. The number of aryl methyl sites for hydroxylation is 2. The van der Waals surface area contributed by atoms with Crippen LogP contribution in [-0.2, 0) is 22.7 Å². The van der Waals surface area contributed by atoms with Gasteiger partial charge in [-0.1, -0.05) is 12.1 Å². The van der Waals surface area contributed by atoms with Crippen molar-refractivity contribution in [3.8, 4) is 6.19 Å². The molecule has 0 bridgehead atoms. The SMILES string of the molecule is Cc1cc(F)cc(S(=O)(=O)c2ccc(CCC(Cc3ccncc3)=NC#N)cc2)c1. The van der Waals surface area contributed by atoms with Gasteiger partial charge in [-0.3, -0.25) is 4.98 Å². The minimum Gasteiger partial charge on any atom is -0.265 e. The van der Waals surface area contributed by atoms with E-state index in [1.165, 1.54) is 24.3 Å². The average Bonchev–Trinajstić information content (AvgIpc) is 2.72. The van der Waals surface area contributed by atoms with E-state index in [0.717, 1.165) is 22.9 Å². The van der Waals surface area contributed by atoms with Crippen LogP contribution in [0.3, 0.4) is 0 Å². The molecule has 0 saturated heterocycles. The van der Waals surface area contributed by atoms with Crippen molar-refractivity contribution >= 4 is 15.5 Å². The van der Waals surface area contributed by atoms with Crippen LogP contribution in [0.5, 0.6) is 0 Å². The van der Waals surface area contributed by atoms with Crippen molar-refractivity contribution in [3.63, 3.8) is 0 Å². The lowest BCUT2D eigenvalue weighted by Crippen LogP contribution is -2.06. The number of aromatic nitrogens is 1. The zero-order valence-electron chi connectivity index (χ0n) is 16.4. The topological polar surface area (TPSA) is 83.2 Å². The maximum atomic E-state index is 13.6. The minimum absolute atomic E-state index is 0.0615. The molecule has 0 aliphatic rings. The van der Waals surface area contributed by atoms with Gasteiger partial charge >= 0.3 is 0 Å². The van der Waals surface area contributed by atoms with E-state index in [1.54, 1.807) is 31.5 Å². The van der Waals surface area contributed by atoms with E-state index < -0.39 is 15.7 Å². The quantitative estimate of drug-likeness (QED) is 0.417. The lowest BCUT2D eigenvalue weighted by atomic mass is 10.0. The standard InChI is InChI=1S/C23H20FN3O2S/c1-17-12-20(24)15-23(13-17)30(28,29)22-6-3-18(4-7-22)2-5-21(27-16-25)14-19-8-10-26-11-9-19/h3-4,6-13,15H,2,5,14H2,1H3. The second kappa shape index (κ2) is 9.42. The number of nitriles is 1. The first-order valence-corrected chi connectivity index (χ1v) is 10.8. The summed E-state index contributed by atoms with van der Waals surface area (Å²) in [5.41, 5.74) is 3.23.